The van der Waals surface area contributed by atoms with Crippen molar-refractivity contribution in [3.63, 3.8) is 0 Å². The van der Waals surface area contributed by atoms with Gasteiger partial charge in [-0.3, -0.25) is 4.99 Å². The second kappa shape index (κ2) is 12.3. The molecule has 0 saturated carbocycles. The maximum absolute atomic E-state index is 14.3. The summed E-state index contributed by atoms with van der Waals surface area (Å²) in [5.74, 6) is -1.05. The Balaban J connectivity index is 2.24. The number of alkyl halides is 1. The largest absolute Gasteiger partial charge is 0.474 e. The van der Waals surface area contributed by atoms with E-state index in [1.165, 1.54) is 37.5 Å². The molecule has 0 aliphatic carbocycles. The normalized spacial score (nSPS) is 15.4. The van der Waals surface area contributed by atoms with E-state index in [0.717, 1.165) is 0 Å². The Bertz CT molecular complexity index is 1010. The van der Waals surface area contributed by atoms with Gasteiger partial charge in [0, 0.05) is 36.9 Å². The van der Waals surface area contributed by atoms with Crippen molar-refractivity contribution in [2.75, 3.05) is 20.6 Å². The third-order valence-electron chi connectivity index (χ3n) is 5.36. The fourth-order valence-electron chi connectivity index (χ4n) is 3.38. The molecule has 1 aromatic heterocycles. The third-order valence-corrected chi connectivity index (χ3v) is 5.55. The molecule has 0 bridgehead atoms. The van der Waals surface area contributed by atoms with Crippen LogP contribution in [0.5, 0.6) is 5.88 Å². The SMILES string of the molecule is CN=C(N=CC(C)(C)c1c(F)cccc1F)c1nc(Cl)cc(O[C@@H](C)[C@@H](C)C[C@@H](F)CNC)n1. The molecule has 0 saturated heterocycles. The molecule has 0 unspecified atom stereocenters. The van der Waals surface area contributed by atoms with E-state index in [9.17, 15) is 13.2 Å². The van der Waals surface area contributed by atoms with Crippen LogP contribution in [0.2, 0.25) is 5.15 Å². The topological polar surface area (TPSA) is 71.8 Å². The molecule has 34 heavy (non-hydrogen) atoms. The van der Waals surface area contributed by atoms with E-state index in [-0.39, 0.29) is 46.8 Å². The highest BCUT2D eigenvalue weighted by atomic mass is 35.5. The van der Waals surface area contributed by atoms with Gasteiger partial charge in [0.25, 0.3) is 0 Å². The van der Waals surface area contributed by atoms with Crippen molar-refractivity contribution in [3.8, 4) is 5.88 Å². The summed E-state index contributed by atoms with van der Waals surface area (Å²) in [6.07, 6.45) is 0.366. The van der Waals surface area contributed by atoms with Crippen molar-refractivity contribution in [1.82, 2.24) is 15.3 Å². The van der Waals surface area contributed by atoms with Crippen LogP contribution in [-0.4, -0.2) is 54.9 Å². The number of halogens is 4. The molecule has 0 fully saturated rings. The lowest BCUT2D eigenvalue weighted by Crippen LogP contribution is -2.28. The molecule has 1 heterocycles. The molecule has 6 nitrogen and oxygen atoms in total. The fourth-order valence-corrected chi connectivity index (χ4v) is 3.55. The Kier molecular flexibility index (Phi) is 10.00. The average molecular weight is 498 g/mol. The van der Waals surface area contributed by atoms with E-state index in [0.29, 0.717) is 6.42 Å². The standard InChI is InChI=1S/C24H31ClF3N5O/c1-14(10-16(26)12-29-5)15(2)34-20-11-19(25)32-23(33-20)22(30-6)31-13-24(3,4)21-17(27)8-7-9-18(21)28/h7-9,11,13-16,29H,10,12H2,1-6H3/t14-,15-,16+/m0/s1. The molecule has 2 aromatic rings. The monoisotopic (exact) mass is 497 g/mol. The van der Waals surface area contributed by atoms with Crippen LogP contribution < -0.4 is 10.1 Å². The van der Waals surface area contributed by atoms with Gasteiger partial charge < -0.3 is 10.1 Å². The van der Waals surface area contributed by atoms with E-state index in [4.69, 9.17) is 16.3 Å². The van der Waals surface area contributed by atoms with E-state index in [2.05, 4.69) is 25.3 Å². The lowest BCUT2D eigenvalue weighted by Gasteiger charge is -2.22. The maximum Gasteiger partial charge on any atom is 0.218 e. The molecular weight excluding hydrogens is 467 g/mol. The quantitative estimate of drug-likeness (QED) is 0.279. The molecule has 0 aliphatic rings. The first-order valence-corrected chi connectivity index (χ1v) is 11.3. The first-order chi connectivity index (χ1) is 16.0. The van der Waals surface area contributed by atoms with Gasteiger partial charge in [0.05, 0.1) is 0 Å². The molecule has 0 amide bonds. The highest BCUT2D eigenvalue weighted by Gasteiger charge is 2.27. The van der Waals surface area contributed by atoms with Crippen molar-refractivity contribution in [1.29, 1.82) is 0 Å². The molecule has 0 spiro atoms. The van der Waals surface area contributed by atoms with Crippen LogP contribution in [0.3, 0.4) is 0 Å². The van der Waals surface area contributed by atoms with Crippen LogP contribution in [0.15, 0.2) is 34.3 Å². The number of aromatic nitrogens is 2. The van der Waals surface area contributed by atoms with Crippen molar-refractivity contribution in [2.24, 2.45) is 15.9 Å². The van der Waals surface area contributed by atoms with Crippen LogP contribution in [-0.2, 0) is 5.41 Å². The highest BCUT2D eigenvalue weighted by molar-refractivity contribution is 6.29. The second-order valence-electron chi connectivity index (χ2n) is 8.67. The Morgan fingerprint density at radius 3 is 2.47 bits per heavy atom. The summed E-state index contributed by atoms with van der Waals surface area (Å²) in [5, 5.41) is 2.92. The Morgan fingerprint density at radius 2 is 1.88 bits per heavy atom. The summed E-state index contributed by atoms with van der Waals surface area (Å²) in [6, 6.07) is 5.14. The van der Waals surface area contributed by atoms with Crippen LogP contribution in [0, 0.1) is 17.6 Å². The number of hydrogen-bond donors (Lipinski definition) is 1. The molecule has 186 valence electrons. The van der Waals surface area contributed by atoms with Gasteiger partial charge in [0.15, 0.2) is 5.84 Å². The summed E-state index contributed by atoms with van der Waals surface area (Å²) in [5.41, 5.74) is -1.19. The molecule has 1 N–H and O–H groups in total. The zero-order valence-corrected chi connectivity index (χ0v) is 21.0. The second-order valence-corrected chi connectivity index (χ2v) is 9.05. The van der Waals surface area contributed by atoms with Gasteiger partial charge in [-0.2, -0.15) is 4.98 Å². The average Bonchev–Trinajstić information content (AvgIpc) is 2.73. The molecular formula is C24H31ClF3N5O. The van der Waals surface area contributed by atoms with Crippen LogP contribution in [0.4, 0.5) is 13.2 Å². The smallest absolute Gasteiger partial charge is 0.218 e. The molecule has 1 aromatic carbocycles. The number of nitrogens with one attached hydrogen (secondary N) is 1. The first-order valence-electron chi connectivity index (χ1n) is 10.9. The summed E-state index contributed by atoms with van der Waals surface area (Å²) in [4.78, 5) is 16.9. The summed E-state index contributed by atoms with van der Waals surface area (Å²) in [6.45, 7) is 7.25. The van der Waals surface area contributed by atoms with Crippen molar-refractivity contribution in [3.05, 3.63) is 52.4 Å². The predicted octanol–water partition coefficient (Wildman–Crippen LogP) is 5.18. The van der Waals surface area contributed by atoms with Gasteiger partial charge in [-0.25, -0.2) is 23.1 Å². The Morgan fingerprint density at radius 1 is 1.24 bits per heavy atom. The van der Waals surface area contributed by atoms with Crippen LogP contribution >= 0.6 is 11.6 Å². The molecule has 0 radical (unpaired) electrons. The Labute approximate surface area is 203 Å². The Hall–Kier alpha value is -2.52. The van der Waals surface area contributed by atoms with E-state index in [1.807, 2.05) is 13.8 Å². The summed E-state index contributed by atoms with van der Waals surface area (Å²) < 4.78 is 48.4. The van der Waals surface area contributed by atoms with Gasteiger partial charge in [-0.05, 0) is 38.4 Å². The number of aliphatic imine (C=N–C) groups is 2. The minimum atomic E-state index is -1.08. The van der Waals surface area contributed by atoms with Crippen molar-refractivity contribution in [2.45, 2.75) is 51.8 Å². The molecule has 2 rings (SSSR count). The summed E-state index contributed by atoms with van der Waals surface area (Å²) >= 11 is 6.16. The number of amidine groups is 1. The number of rotatable bonds is 10. The fraction of sp³-hybridized carbons (Fsp3) is 0.500. The van der Waals surface area contributed by atoms with E-state index in [1.54, 1.807) is 20.9 Å². The minimum Gasteiger partial charge on any atom is -0.474 e. The lowest BCUT2D eigenvalue weighted by molar-refractivity contribution is 0.126. The number of nitrogens with zero attached hydrogens (tertiary/aromatic N) is 4. The predicted molar refractivity (Wildman–Crippen MR) is 130 cm³/mol. The summed E-state index contributed by atoms with van der Waals surface area (Å²) in [7, 11) is 3.19. The maximum atomic E-state index is 14.3. The minimum absolute atomic E-state index is 0.0875. The van der Waals surface area contributed by atoms with E-state index >= 15 is 0 Å². The van der Waals surface area contributed by atoms with Gasteiger partial charge in [0.1, 0.15) is 29.1 Å². The van der Waals surface area contributed by atoms with E-state index < -0.39 is 23.2 Å². The highest BCUT2D eigenvalue weighted by Crippen LogP contribution is 2.27. The van der Waals surface area contributed by atoms with Gasteiger partial charge in [-0.15, -0.1) is 0 Å². The van der Waals surface area contributed by atoms with Gasteiger partial charge >= 0.3 is 0 Å². The van der Waals surface area contributed by atoms with Crippen LogP contribution in [0.25, 0.3) is 0 Å². The molecule has 0 aliphatic heterocycles. The van der Waals surface area contributed by atoms with Gasteiger partial charge in [0.2, 0.25) is 11.7 Å². The van der Waals surface area contributed by atoms with Crippen LogP contribution in [0.1, 0.15) is 45.5 Å². The third kappa shape index (κ3) is 7.50. The molecule has 3 atom stereocenters. The molecule has 10 heteroatoms. The first kappa shape index (κ1) is 27.7. The van der Waals surface area contributed by atoms with Gasteiger partial charge in [-0.1, -0.05) is 38.4 Å². The zero-order chi connectivity index (χ0) is 25.5. The number of hydrogen-bond acceptors (Lipinski definition) is 5. The van der Waals surface area contributed by atoms with Crippen molar-refractivity contribution >= 4 is 23.7 Å². The number of ether oxygens (including phenoxy) is 1. The zero-order valence-electron chi connectivity index (χ0n) is 20.2. The number of benzene rings is 1. The lowest BCUT2D eigenvalue weighted by atomic mass is 9.85. The van der Waals surface area contributed by atoms with Crippen molar-refractivity contribution < 1.29 is 17.9 Å².